The number of rotatable bonds is 3. The minimum absolute atomic E-state index is 1.09. The monoisotopic (exact) mass is 229 g/mol. The number of hydrogen-bond donors (Lipinski definition) is 1. The zero-order valence-corrected chi connectivity index (χ0v) is 10.4. The molecule has 0 saturated carbocycles. The predicted octanol–water partition coefficient (Wildman–Crippen LogP) is 2.76. The molecule has 0 amide bonds. The third kappa shape index (κ3) is 5.22. The molecule has 0 radical (unpaired) electrons. The van der Waals surface area contributed by atoms with E-state index in [4.69, 9.17) is 0 Å². The highest BCUT2D eigenvalue weighted by Crippen LogP contribution is 2.15. The van der Waals surface area contributed by atoms with Gasteiger partial charge in [0.05, 0.1) is 0 Å². The maximum Gasteiger partial charge on any atom is 0.0273 e. The summed E-state index contributed by atoms with van der Waals surface area (Å²) in [6.07, 6.45) is 7.15. The molecule has 0 bridgehead atoms. The van der Waals surface area contributed by atoms with Crippen LogP contribution in [-0.2, 0) is 0 Å². The number of nitrogens with zero attached hydrogens (tertiary/aromatic N) is 2. The second-order valence-corrected chi connectivity index (χ2v) is 3.43. The number of nitrogens with one attached hydrogen (secondary N) is 1. The van der Waals surface area contributed by atoms with Crippen LogP contribution in [0.3, 0.4) is 0 Å². The molecule has 1 N–H and O–H groups in total. The van der Waals surface area contributed by atoms with Crippen LogP contribution in [0.1, 0.15) is 13.8 Å². The largest absolute Gasteiger partial charge is 0.317 e. The highest BCUT2D eigenvalue weighted by Gasteiger charge is 1.92. The summed E-state index contributed by atoms with van der Waals surface area (Å²) in [5, 5.41) is 3.11. The molecule has 0 unspecified atom stereocenters. The van der Waals surface area contributed by atoms with Crippen molar-refractivity contribution in [2.24, 2.45) is 0 Å². The van der Waals surface area contributed by atoms with E-state index < -0.39 is 0 Å². The fraction of sp³-hybridized carbons (Fsp3) is 0.286. The van der Waals surface area contributed by atoms with Crippen LogP contribution in [0, 0.1) is 0 Å². The second-order valence-electron chi connectivity index (χ2n) is 3.43. The van der Waals surface area contributed by atoms with Gasteiger partial charge in [0, 0.05) is 24.8 Å². The standard InChI is InChI=1S/C10H8N2.C4H11N/c1-5-11-6-2-9(1)10-3-7-12-8-4-10;1-3-5-4-2/h1-8H;5H,3-4H2,1-2H3. The molecule has 0 atom stereocenters. The smallest absolute Gasteiger partial charge is 0.0273 e. The molecule has 2 heterocycles. The summed E-state index contributed by atoms with van der Waals surface area (Å²) in [6.45, 7) is 6.39. The van der Waals surface area contributed by atoms with Crippen molar-refractivity contribution in [2.75, 3.05) is 13.1 Å². The average Bonchev–Trinajstić information content (AvgIpc) is 2.42. The number of hydrogen-bond acceptors (Lipinski definition) is 3. The van der Waals surface area contributed by atoms with Gasteiger partial charge in [-0.15, -0.1) is 0 Å². The van der Waals surface area contributed by atoms with Crippen LogP contribution in [0.2, 0.25) is 0 Å². The topological polar surface area (TPSA) is 37.8 Å². The highest BCUT2D eigenvalue weighted by atomic mass is 14.8. The number of aromatic nitrogens is 2. The average molecular weight is 229 g/mol. The van der Waals surface area contributed by atoms with Crippen molar-refractivity contribution < 1.29 is 0 Å². The molecule has 0 aliphatic carbocycles. The van der Waals surface area contributed by atoms with Gasteiger partial charge in [-0.05, 0) is 48.5 Å². The molecule has 0 fully saturated rings. The molecule has 0 saturated heterocycles. The van der Waals surface area contributed by atoms with Crippen LogP contribution in [0.4, 0.5) is 0 Å². The van der Waals surface area contributed by atoms with E-state index >= 15 is 0 Å². The third-order valence-corrected chi connectivity index (χ3v) is 2.19. The minimum Gasteiger partial charge on any atom is -0.317 e. The van der Waals surface area contributed by atoms with Crippen molar-refractivity contribution in [3.63, 3.8) is 0 Å². The van der Waals surface area contributed by atoms with Crippen LogP contribution in [0.5, 0.6) is 0 Å². The Bertz CT molecular complexity index is 347. The maximum absolute atomic E-state index is 3.96. The lowest BCUT2D eigenvalue weighted by Gasteiger charge is -1.97. The molecule has 0 spiro atoms. The Hall–Kier alpha value is -1.74. The Kier molecular flexibility index (Phi) is 6.60. The Labute approximate surface area is 103 Å². The Balaban J connectivity index is 0.000000249. The van der Waals surface area contributed by atoms with Gasteiger partial charge in [0.15, 0.2) is 0 Å². The molecule has 2 rings (SSSR count). The second kappa shape index (κ2) is 8.42. The van der Waals surface area contributed by atoms with E-state index in [0.717, 1.165) is 13.1 Å². The van der Waals surface area contributed by atoms with Gasteiger partial charge in [-0.3, -0.25) is 9.97 Å². The van der Waals surface area contributed by atoms with Crippen molar-refractivity contribution in [3.05, 3.63) is 49.1 Å². The molecule has 0 aromatic carbocycles. The van der Waals surface area contributed by atoms with Crippen molar-refractivity contribution >= 4 is 0 Å². The lowest BCUT2D eigenvalue weighted by molar-refractivity contribution is 0.762. The molecule has 2 aromatic rings. The summed E-state index contributed by atoms with van der Waals surface area (Å²) in [6, 6.07) is 7.93. The van der Waals surface area contributed by atoms with E-state index in [1.807, 2.05) is 24.3 Å². The quantitative estimate of drug-likeness (QED) is 0.879. The summed E-state index contributed by atoms with van der Waals surface area (Å²) in [5.74, 6) is 0. The fourth-order valence-electron chi connectivity index (χ4n) is 1.34. The van der Waals surface area contributed by atoms with Gasteiger partial charge in [-0.2, -0.15) is 0 Å². The van der Waals surface area contributed by atoms with Gasteiger partial charge in [0.2, 0.25) is 0 Å². The lowest BCUT2D eigenvalue weighted by Crippen LogP contribution is -2.09. The number of pyridine rings is 2. The van der Waals surface area contributed by atoms with Gasteiger partial charge in [0.1, 0.15) is 0 Å². The van der Waals surface area contributed by atoms with Crippen LogP contribution >= 0.6 is 0 Å². The molecule has 2 aromatic heterocycles. The minimum atomic E-state index is 1.09. The van der Waals surface area contributed by atoms with Gasteiger partial charge in [-0.25, -0.2) is 0 Å². The summed E-state index contributed by atoms with van der Waals surface area (Å²) in [5.41, 5.74) is 2.35. The van der Waals surface area contributed by atoms with E-state index in [1.165, 1.54) is 11.1 Å². The summed E-state index contributed by atoms with van der Waals surface area (Å²) in [7, 11) is 0. The van der Waals surface area contributed by atoms with Crippen molar-refractivity contribution in [3.8, 4) is 11.1 Å². The van der Waals surface area contributed by atoms with Crippen LogP contribution in [0.25, 0.3) is 11.1 Å². The maximum atomic E-state index is 3.96. The van der Waals surface area contributed by atoms with Crippen LogP contribution < -0.4 is 5.32 Å². The van der Waals surface area contributed by atoms with Crippen molar-refractivity contribution in [1.29, 1.82) is 0 Å². The highest BCUT2D eigenvalue weighted by molar-refractivity contribution is 5.61. The Morgan fingerprint density at radius 3 is 1.35 bits per heavy atom. The molecular formula is C14H19N3. The first-order chi connectivity index (χ1) is 8.38. The zero-order valence-electron chi connectivity index (χ0n) is 10.4. The zero-order chi connectivity index (χ0) is 12.3. The molecular weight excluding hydrogens is 210 g/mol. The van der Waals surface area contributed by atoms with E-state index in [2.05, 4.69) is 29.1 Å². The molecule has 0 aliphatic heterocycles. The molecule has 90 valence electrons. The first-order valence-electron chi connectivity index (χ1n) is 5.89. The van der Waals surface area contributed by atoms with Crippen LogP contribution in [0.15, 0.2) is 49.1 Å². The summed E-state index contributed by atoms with van der Waals surface area (Å²) < 4.78 is 0. The van der Waals surface area contributed by atoms with Crippen LogP contribution in [-0.4, -0.2) is 23.1 Å². The van der Waals surface area contributed by atoms with Gasteiger partial charge in [0.25, 0.3) is 0 Å². The molecule has 17 heavy (non-hydrogen) atoms. The van der Waals surface area contributed by atoms with E-state index in [0.29, 0.717) is 0 Å². The van der Waals surface area contributed by atoms with Crippen molar-refractivity contribution in [2.45, 2.75) is 13.8 Å². The first kappa shape index (κ1) is 13.3. The van der Waals surface area contributed by atoms with E-state index in [9.17, 15) is 0 Å². The van der Waals surface area contributed by atoms with E-state index in [-0.39, 0.29) is 0 Å². The third-order valence-electron chi connectivity index (χ3n) is 2.19. The lowest BCUT2D eigenvalue weighted by atomic mass is 10.1. The SMILES string of the molecule is CCNCC.c1cc(-c2ccncc2)ccn1. The van der Waals surface area contributed by atoms with Gasteiger partial charge >= 0.3 is 0 Å². The Morgan fingerprint density at radius 1 is 0.765 bits per heavy atom. The van der Waals surface area contributed by atoms with Gasteiger partial charge < -0.3 is 5.32 Å². The molecule has 3 nitrogen and oxygen atoms in total. The molecule has 0 aliphatic rings. The van der Waals surface area contributed by atoms with E-state index in [1.54, 1.807) is 24.8 Å². The normalized spacial score (nSPS) is 9.29. The van der Waals surface area contributed by atoms with Crippen molar-refractivity contribution in [1.82, 2.24) is 15.3 Å². The summed E-state index contributed by atoms with van der Waals surface area (Å²) >= 11 is 0. The molecule has 3 heteroatoms. The van der Waals surface area contributed by atoms with Gasteiger partial charge in [-0.1, -0.05) is 13.8 Å². The fourth-order valence-corrected chi connectivity index (χ4v) is 1.34. The Morgan fingerprint density at radius 2 is 1.12 bits per heavy atom. The first-order valence-corrected chi connectivity index (χ1v) is 5.89. The predicted molar refractivity (Wildman–Crippen MR) is 71.7 cm³/mol. The summed E-state index contributed by atoms with van der Waals surface area (Å²) in [4.78, 5) is 7.91.